The molecule has 0 unspecified atom stereocenters. The minimum atomic E-state index is 0.0324. The Bertz CT molecular complexity index is 94.9. The number of hydrogen-bond donors (Lipinski definition) is 1. The highest BCUT2D eigenvalue weighted by molar-refractivity contribution is 8.00. The van der Waals surface area contributed by atoms with Crippen LogP contribution in [0.4, 0.5) is 0 Å². The summed E-state index contributed by atoms with van der Waals surface area (Å²) in [4.78, 5) is 10.4. The number of nitrogens with two attached hydrogens (primary N) is 1. The van der Waals surface area contributed by atoms with Crippen LogP contribution in [0.5, 0.6) is 0 Å². The van der Waals surface area contributed by atoms with E-state index in [2.05, 4.69) is 0 Å². The van der Waals surface area contributed by atoms with Gasteiger partial charge >= 0.3 is 0 Å². The Morgan fingerprint density at radius 2 is 2.57 bits per heavy atom. The average Bonchev–Trinajstić information content (AvgIpc) is 1.91. The number of carbonyl (C=O) groups excluding carboxylic acids is 1. The van der Waals surface area contributed by atoms with E-state index in [4.69, 9.17) is 5.84 Å². The summed E-state index contributed by atoms with van der Waals surface area (Å²) in [6.07, 6.45) is 0. The van der Waals surface area contributed by atoms with Crippen molar-refractivity contribution in [3.63, 3.8) is 0 Å². The zero-order chi connectivity index (χ0) is 5.28. The Labute approximate surface area is 45.8 Å². The summed E-state index contributed by atoms with van der Waals surface area (Å²) in [5.74, 6) is 6.38. The molecule has 1 aliphatic rings. The molecule has 1 aliphatic heterocycles. The second-order valence-corrected chi connectivity index (χ2v) is 2.30. The van der Waals surface area contributed by atoms with E-state index in [0.717, 1.165) is 0 Å². The first-order chi connectivity index (χ1) is 3.30. The molecule has 0 bridgehead atoms. The summed E-state index contributed by atoms with van der Waals surface area (Å²) in [6, 6.07) is 0. The Morgan fingerprint density at radius 1 is 1.86 bits per heavy atom. The summed E-state index contributed by atoms with van der Waals surface area (Å²) >= 11 is 1.54. The molecule has 0 atom stereocenters. The molecule has 1 rings (SSSR count). The highest BCUT2D eigenvalue weighted by Crippen LogP contribution is 2.09. The molecule has 0 aromatic carbocycles. The fraction of sp³-hybridized carbons (Fsp3) is 0.667. The molecule has 3 nitrogen and oxygen atoms in total. The number of hydrogen-bond acceptors (Lipinski definition) is 3. The van der Waals surface area contributed by atoms with E-state index in [1.54, 1.807) is 11.8 Å². The topological polar surface area (TPSA) is 46.3 Å². The molecule has 1 fully saturated rings. The third-order valence-corrected chi connectivity index (χ3v) is 1.69. The van der Waals surface area contributed by atoms with Crippen LogP contribution in [0.2, 0.25) is 0 Å². The van der Waals surface area contributed by atoms with E-state index in [0.29, 0.717) is 11.6 Å². The van der Waals surface area contributed by atoms with E-state index in [1.165, 1.54) is 5.01 Å². The lowest BCUT2D eigenvalue weighted by Crippen LogP contribution is -2.32. The Kier molecular flexibility index (Phi) is 1.21. The predicted molar refractivity (Wildman–Crippen MR) is 28.4 cm³/mol. The van der Waals surface area contributed by atoms with Crippen LogP contribution in [0.25, 0.3) is 0 Å². The molecule has 0 spiro atoms. The van der Waals surface area contributed by atoms with Gasteiger partial charge in [-0.05, 0) is 0 Å². The highest BCUT2D eigenvalue weighted by atomic mass is 32.2. The lowest BCUT2D eigenvalue weighted by atomic mass is 10.7. The molecule has 2 N–H and O–H groups in total. The third kappa shape index (κ3) is 0.863. The van der Waals surface area contributed by atoms with Crippen LogP contribution < -0.4 is 5.84 Å². The van der Waals surface area contributed by atoms with E-state index in [-0.39, 0.29) is 5.91 Å². The molecule has 0 aliphatic carbocycles. The van der Waals surface area contributed by atoms with E-state index in [1.807, 2.05) is 0 Å². The van der Waals surface area contributed by atoms with Gasteiger partial charge in [-0.3, -0.25) is 9.80 Å². The quantitative estimate of drug-likeness (QED) is 0.341. The van der Waals surface area contributed by atoms with Gasteiger partial charge in [-0.25, -0.2) is 5.84 Å². The Morgan fingerprint density at radius 3 is 2.71 bits per heavy atom. The van der Waals surface area contributed by atoms with Gasteiger partial charge in [0.1, 0.15) is 0 Å². The molecule has 0 radical (unpaired) electrons. The summed E-state index contributed by atoms with van der Waals surface area (Å²) < 4.78 is 0. The van der Waals surface area contributed by atoms with Gasteiger partial charge in [-0.2, -0.15) is 0 Å². The first-order valence-electron chi connectivity index (χ1n) is 1.93. The van der Waals surface area contributed by atoms with Crippen molar-refractivity contribution < 1.29 is 4.79 Å². The number of hydrazine groups is 1. The molecule has 1 saturated heterocycles. The van der Waals surface area contributed by atoms with Gasteiger partial charge in [0.05, 0.1) is 11.6 Å². The fourth-order valence-corrected chi connectivity index (χ4v) is 1.16. The Balaban J connectivity index is 2.48. The van der Waals surface area contributed by atoms with Crippen LogP contribution in [0.1, 0.15) is 0 Å². The molecule has 0 saturated carbocycles. The molecule has 7 heavy (non-hydrogen) atoms. The van der Waals surface area contributed by atoms with Crippen molar-refractivity contribution in [3.8, 4) is 0 Å². The van der Waals surface area contributed by atoms with Crippen LogP contribution in [0, 0.1) is 0 Å². The van der Waals surface area contributed by atoms with Crippen molar-refractivity contribution in [1.82, 2.24) is 5.01 Å². The maximum absolute atomic E-state index is 10.4. The van der Waals surface area contributed by atoms with E-state index >= 15 is 0 Å². The van der Waals surface area contributed by atoms with Crippen LogP contribution in [-0.4, -0.2) is 22.5 Å². The van der Waals surface area contributed by atoms with Gasteiger partial charge < -0.3 is 0 Å². The first kappa shape index (κ1) is 4.93. The van der Waals surface area contributed by atoms with Crippen molar-refractivity contribution in [2.45, 2.75) is 0 Å². The van der Waals surface area contributed by atoms with Crippen molar-refractivity contribution >= 4 is 17.7 Å². The SMILES string of the molecule is NN1CSCC1=O. The van der Waals surface area contributed by atoms with Crippen LogP contribution in [0.3, 0.4) is 0 Å². The smallest absolute Gasteiger partial charge is 0.247 e. The molecule has 40 valence electrons. The van der Waals surface area contributed by atoms with Gasteiger partial charge in [0.25, 0.3) is 0 Å². The number of nitrogens with zero attached hydrogens (tertiary/aromatic N) is 1. The van der Waals surface area contributed by atoms with Crippen molar-refractivity contribution in [1.29, 1.82) is 0 Å². The van der Waals surface area contributed by atoms with Crippen molar-refractivity contribution in [3.05, 3.63) is 0 Å². The van der Waals surface area contributed by atoms with Crippen LogP contribution in [0.15, 0.2) is 0 Å². The molecular weight excluding hydrogens is 112 g/mol. The molecule has 0 aromatic heterocycles. The molecule has 1 amide bonds. The number of thioether (sulfide) groups is 1. The van der Waals surface area contributed by atoms with Crippen molar-refractivity contribution in [2.75, 3.05) is 11.6 Å². The number of carbonyl (C=O) groups is 1. The Hall–Kier alpha value is -0.220. The monoisotopic (exact) mass is 118 g/mol. The van der Waals surface area contributed by atoms with Gasteiger partial charge in [0, 0.05) is 0 Å². The summed E-state index contributed by atoms with van der Waals surface area (Å²) in [6.45, 7) is 0. The number of rotatable bonds is 0. The largest absolute Gasteiger partial charge is 0.272 e. The van der Waals surface area contributed by atoms with Gasteiger partial charge in [0.15, 0.2) is 0 Å². The highest BCUT2D eigenvalue weighted by Gasteiger charge is 2.15. The molecule has 0 aromatic rings. The van der Waals surface area contributed by atoms with Crippen LogP contribution in [-0.2, 0) is 4.79 Å². The maximum Gasteiger partial charge on any atom is 0.247 e. The zero-order valence-corrected chi connectivity index (χ0v) is 4.57. The maximum atomic E-state index is 10.4. The average molecular weight is 118 g/mol. The standard InChI is InChI=1S/C3H6N2OS/c4-5-2-7-1-3(5)6/h1-2,4H2. The zero-order valence-electron chi connectivity index (χ0n) is 3.76. The summed E-state index contributed by atoms with van der Waals surface area (Å²) in [5.41, 5.74) is 0. The second kappa shape index (κ2) is 1.71. The van der Waals surface area contributed by atoms with E-state index < -0.39 is 0 Å². The fourth-order valence-electron chi connectivity index (χ4n) is 0.386. The lowest BCUT2D eigenvalue weighted by Gasteiger charge is -2.01. The minimum absolute atomic E-state index is 0.0324. The van der Waals surface area contributed by atoms with Crippen LogP contribution >= 0.6 is 11.8 Å². The summed E-state index contributed by atoms with van der Waals surface area (Å²) in [5, 5.41) is 1.23. The normalized spacial score (nSPS) is 21.3. The number of amides is 1. The van der Waals surface area contributed by atoms with Gasteiger partial charge in [-0.1, -0.05) is 0 Å². The molecule has 1 heterocycles. The lowest BCUT2D eigenvalue weighted by molar-refractivity contribution is -0.126. The minimum Gasteiger partial charge on any atom is -0.272 e. The molecular formula is C3H6N2OS. The van der Waals surface area contributed by atoms with Crippen molar-refractivity contribution in [2.24, 2.45) is 5.84 Å². The van der Waals surface area contributed by atoms with Gasteiger partial charge in [0.2, 0.25) is 5.91 Å². The predicted octanol–water partition coefficient (Wildman–Crippen LogP) is -0.607. The molecule has 4 heteroatoms. The second-order valence-electron chi connectivity index (χ2n) is 1.34. The first-order valence-corrected chi connectivity index (χ1v) is 3.09. The van der Waals surface area contributed by atoms with E-state index in [9.17, 15) is 4.79 Å². The van der Waals surface area contributed by atoms with Gasteiger partial charge in [-0.15, -0.1) is 11.8 Å². The summed E-state index contributed by atoms with van der Waals surface area (Å²) in [7, 11) is 0. The third-order valence-electron chi connectivity index (χ3n) is 0.776.